The number of hydrogen-bond acceptors (Lipinski definition) is 2. The fraction of sp³-hybridized carbons (Fsp3) is 0.750. The molecule has 0 saturated heterocycles. The van der Waals surface area contributed by atoms with Gasteiger partial charge in [-0.1, -0.05) is 13.8 Å². The van der Waals surface area contributed by atoms with Crippen LogP contribution in [0.4, 0.5) is 0 Å². The van der Waals surface area contributed by atoms with E-state index in [-0.39, 0.29) is 5.92 Å². The molecule has 0 saturated carbocycles. The standard InChI is InChI=1S/C8H17NO3S/c1-6(2)5-7(8(10)11)9-13(3,4)12/h6-7H,3,5H2,1-2,4H3,(H,9,12)(H,10,11)/t7-,13?/m0/s1. The van der Waals surface area contributed by atoms with Crippen LogP contribution in [0, 0.1) is 5.92 Å². The lowest BCUT2D eigenvalue weighted by atomic mass is 10.1. The van der Waals surface area contributed by atoms with E-state index in [0.717, 1.165) is 0 Å². The fourth-order valence-corrected chi connectivity index (χ4v) is 1.77. The Morgan fingerprint density at radius 3 is 2.31 bits per heavy atom. The van der Waals surface area contributed by atoms with Crippen LogP contribution in [-0.4, -0.2) is 33.5 Å². The third kappa shape index (κ3) is 6.60. The van der Waals surface area contributed by atoms with Crippen LogP contribution in [0.1, 0.15) is 20.3 Å². The molecule has 78 valence electrons. The average molecular weight is 207 g/mol. The van der Waals surface area contributed by atoms with Crippen molar-refractivity contribution in [1.82, 2.24) is 4.72 Å². The largest absolute Gasteiger partial charge is 0.480 e. The molecule has 13 heavy (non-hydrogen) atoms. The molecule has 5 heteroatoms. The maximum Gasteiger partial charge on any atom is 0.321 e. The third-order valence-corrected chi connectivity index (χ3v) is 2.18. The summed E-state index contributed by atoms with van der Waals surface area (Å²) in [5.41, 5.74) is 0. The van der Waals surface area contributed by atoms with Gasteiger partial charge in [0.1, 0.15) is 6.04 Å². The van der Waals surface area contributed by atoms with Crippen molar-refractivity contribution in [3.05, 3.63) is 0 Å². The van der Waals surface area contributed by atoms with Gasteiger partial charge in [-0.05, 0) is 18.2 Å². The second-order valence-electron chi connectivity index (χ2n) is 3.64. The van der Waals surface area contributed by atoms with Crippen molar-refractivity contribution in [3.8, 4) is 0 Å². The highest BCUT2D eigenvalue weighted by atomic mass is 32.2. The maximum absolute atomic E-state index is 11.2. The molecule has 4 nitrogen and oxygen atoms in total. The Labute approximate surface area is 79.5 Å². The van der Waals surface area contributed by atoms with Gasteiger partial charge in [-0.15, -0.1) is 0 Å². The summed E-state index contributed by atoms with van der Waals surface area (Å²) in [5.74, 6) is 2.62. The Hall–Kier alpha value is -0.550. The van der Waals surface area contributed by atoms with Crippen LogP contribution in [-0.2, 0) is 14.5 Å². The zero-order chi connectivity index (χ0) is 10.6. The number of hydrogen-bond donors (Lipinski definition) is 2. The van der Waals surface area contributed by atoms with Gasteiger partial charge in [0.25, 0.3) is 0 Å². The van der Waals surface area contributed by atoms with Gasteiger partial charge >= 0.3 is 5.97 Å². The molecule has 0 aromatic carbocycles. The van der Waals surface area contributed by atoms with E-state index < -0.39 is 21.7 Å². The van der Waals surface area contributed by atoms with Gasteiger partial charge in [0.2, 0.25) is 0 Å². The minimum atomic E-state index is -2.44. The zero-order valence-electron chi connectivity index (χ0n) is 8.24. The van der Waals surface area contributed by atoms with Gasteiger partial charge < -0.3 is 5.11 Å². The molecule has 0 aliphatic rings. The van der Waals surface area contributed by atoms with Crippen molar-refractivity contribution in [2.45, 2.75) is 26.3 Å². The summed E-state index contributed by atoms with van der Waals surface area (Å²) < 4.78 is 13.7. The van der Waals surface area contributed by atoms with E-state index in [1.54, 1.807) is 0 Å². The van der Waals surface area contributed by atoms with E-state index in [4.69, 9.17) is 5.11 Å². The van der Waals surface area contributed by atoms with Crippen LogP contribution in [0.2, 0.25) is 0 Å². The molecule has 0 radical (unpaired) electrons. The summed E-state index contributed by atoms with van der Waals surface area (Å²) in [4.78, 5) is 10.7. The molecule has 0 heterocycles. The Bertz CT molecular complexity index is 269. The van der Waals surface area contributed by atoms with E-state index >= 15 is 0 Å². The Morgan fingerprint density at radius 2 is 2.08 bits per heavy atom. The van der Waals surface area contributed by atoms with E-state index in [1.165, 1.54) is 6.26 Å². The minimum Gasteiger partial charge on any atom is -0.480 e. The smallest absolute Gasteiger partial charge is 0.321 e. The highest BCUT2D eigenvalue weighted by molar-refractivity contribution is 7.97. The van der Waals surface area contributed by atoms with Gasteiger partial charge in [-0.2, -0.15) is 0 Å². The van der Waals surface area contributed by atoms with Crippen molar-refractivity contribution >= 4 is 21.5 Å². The highest BCUT2D eigenvalue weighted by Gasteiger charge is 2.19. The molecule has 0 amide bonds. The lowest BCUT2D eigenvalue weighted by molar-refractivity contribution is -0.139. The quantitative estimate of drug-likeness (QED) is 0.639. The van der Waals surface area contributed by atoms with Gasteiger partial charge in [0, 0.05) is 16.0 Å². The second kappa shape index (κ2) is 4.62. The Kier molecular flexibility index (Phi) is 4.43. The molecule has 0 aromatic rings. The van der Waals surface area contributed by atoms with Gasteiger partial charge in [-0.3, -0.25) is 9.00 Å². The first-order valence-corrected chi connectivity index (χ1v) is 6.18. The van der Waals surface area contributed by atoms with Crippen LogP contribution >= 0.6 is 0 Å². The van der Waals surface area contributed by atoms with E-state index in [0.29, 0.717) is 6.42 Å². The first-order valence-electron chi connectivity index (χ1n) is 4.04. The van der Waals surface area contributed by atoms with Crippen LogP contribution in [0.15, 0.2) is 0 Å². The normalized spacial score (nSPS) is 18.2. The summed E-state index contributed by atoms with van der Waals surface area (Å²) in [6.45, 7) is 3.83. The maximum atomic E-state index is 11.2. The average Bonchev–Trinajstić information content (AvgIpc) is 1.81. The summed E-state index contributed by atoms with van der Waals surface area (Å²) in [6.07, 6.45) is 1.85. The zero-order valence-corrected chi connectivity index (χ0v) is 9.06. The number of nitrogens with one attached hydrogen (secondary N) is 1. The van der Waals surface area contributed by atoms with Crippen molar-refractivity contribution in [3.63, 3.8) is 0 Å². The van der Waals surface area contributed by atoms with Crippen molar-refractivity contribution in [2.75, 3.05) is 6.26 Å². The minimum absolute atomic E-state index is 0.246. The fourth-order valence-electron chi connectivity index (χ4n) is 0.972. The van der Waals surface area contributed by atoms with Gasteiger partial charge in [0.15, 0.2) is 0 Å². The summed E-state index contributed by atoms with van der Waals surface area (Å²) >= 11 is 0. The predicted molar refractivity (Wildman–Crippen MR) is 55.2 cm³/mol. The molecule has 0 bridgehead atoms. The number of aliphatic carboxylic acids is 1. The third-order valence-electron chi connectivity index (χ3n) is 1.40. The topological polar surface area (TPSA) is 66.4 Å². The summed E-state index contributed by atoms with van der Waals surface area (Å²) in [6, 6.07) is -0.769. The SMILES string of the molecule is C=S(C)(=O)N[C@@H](CC(C)C)C(=O)O. The molecule has 0 fully saturated rings. The van der Waals surface area contributed by atoms with Gasteiger partial charge in [0.05, 0.1) is 0 Å². The van der Waals surface area contributed by atoms with Crippen LogP contribution in [0.3, 0.4) is 0 Å². The first kappa shape index (κ1) is 12.4. The van der Waals surface area contributed by atoms with Crippen molar-refractivity contribution in [2.24, 2.45) is 5.92 Å². The molecule has 0 aliphatic carbocycles. The van der Waals surface area contributed by atoms with E-state index in [2.05, 4.69) is 10.6 Å². The molecule has 0 spiro atoms. The number of carboxylic acids is 1. The van der Waals surface area contributed by atoms with E-state index in [1.807, 2.05) is 13.8 Å². The first-order chi connectivity index (χ1) is 5.72. The summed E-state index contributed by atoms with van der Waals surface area (Å²) in [7, 11) is -2.44. The highest BCUT2D eigenvalue weighted by Crippen LogP contribution is 2.05. The molecule has 0 rings (SSSR count). The molecule has 2 N–H and O–H groups in total. The van der Waals surface area contributed by atoms with Crippen LogP contribution < -0.4 is 4.72 Å². The van der Waals surface area contributed by atoms with Crippen molar-refractivity contribution in [1.29, 1.82) is 0 Å². The van der Waals surface area contributed by atoms with E-state index in [9.17, 15) is 9.00 Å². The molecule has 2 atom stereocenters. The lowest BCUT2D eigenvalue weighted by Crippen LogP contribution is -2.40. The molecular weight excluding hydrogens is 190 g/mol. The number of carboxylic acid groups (broad SMARTS) is 1. The summed E-state index contributed by atoms with van der Waals surface area (Å²) in [5, 5.41) is 8.77. The van der Waals surface area contributed by atoms with Crippen LogP contribution in [0.25, 0.3) is 0 Å². The molecule has 0 aliphatic heterocycles. The Morgan fingerprint density at radius 1 is 1.62 bits per heavy atom. The monoisotopic (exact) mass is 207 g/mol. The molecule has 0 aromatic heterocycles. The second-order valence-corrected chi connectivity index (χ2v) is 5.89. The predicted octanol–water partition coefficient (Wildman–Crippen LogP) is 0.336. The number of carbonyl (C=O) groups is 1. The van der Waals surface area contributed by atoms with Crippen LogP contribution in [0.5, 0.6) is 0 Å². The number of rotatable bonds is 5. The lowest BCUT2D eigenvalue weighted by Gasteiger charge is -2.16. The Balaban J connectivity index is 4.37. The van der Waals surface area contributed by atoms with Gasteiger partial charge in [-0.25, -0.2) is 4.72 Å². The van der Waals surface area contributed by atoms with Crippen molar-refractivity contribution < 1.29 is 14.1 Å². The molecular formula is C8H17NO3S. The molecule has 1 unspecified atom stereocenters.